The van der Waals surface area contributed by atoms with Crippen LogP contribution in [0, 0.1) is 12.7 Å². The van der Waals surface area contributed by atoms with E-state index in [0.717, 1.165) is 16.7 Å². The van der Waals surface area contributed by atoms with Gasteiger partial charge in [-0.05, 0) is 60.9 Å². The van der Waals surface area contributed by atoms with Crippen LogP contribution in [0.25, 0.3) is 16.7 Å². The van der Waals surface area contributed by atoms with Crippen molar-refractivity contribution in [3.8, 4) is 16.9 Å². The fraction of sp³-hybridized carbons (Fsp3) is 0.231. The van der Waals surface area contributed by atoms with E-state index in [9.17, 15) is 14.3 Å². The fourth-order valence-corrected chi connectivity index (χ4v) is 3.82. The third-order valence-electron chi connectivity index (χ3n) is 5.63. The molecule has 1 saturated heterocycles. The van der Waals surface area contributed by atoms with E-state index in [0.29, 0.717) is 43.3 Å². The Labute approximate surface area is 192 Å². The van der Waals surface area contributed by atoms with Crippen molar-refractivity contribution in [2.24, 2.45) is 0 Å². The highest BCUT2D eigenvalue weighted by molar-refractivity contribution is 5.95. The van der Waals surface area contributed by atoms with Crippen LogP contribution in [-0.2, 0) is 4.74 Å². The first kappa shape index (κ1) is 22.5. The number of phenolic OH excluding ortho intramolecular Hbond substituents is 1. The van der Waals surface area contributed by atoms with Crippen molar-refractivity contribution >= 4 is 17.3 Å². The molecule has 0 aliphatic carbocycles. The van der Waals surface area contributed by atoms with E-state index >= 15 is 0 Å². The van der Waals surface area contributed by atoms with Crippen LogP contribution in [0.4, 0.5) is 10.2 Å². The van der Waals surface area contributed by atoms with Gasteiger partial charge in [-0.2, -0.15) is 0 Å². The molecule has 1 amide bonds. The van der Waals surface area contributed by atoms with Crippen LogP contribution in [-0.4, -0.2) is 47.2 Å². The first-order valence-corrected chi connectivity index (χ1v) is 10.8. The first-order valence-electron chi connectivity index (χ1n) is 10.8. The summed E-state index contributed by atoms with van der Waals surface area (Å²) in [7, 11) is 0. The number of morpholine rings is 1. The molecule has 0 radical (unpaired) electrons. The van der Waals surface area contributed by atoms with E-state index in [1.165, 1.54) is 18.2 Å². The Morgan fingerprint density at radius 2 is 1.91 bits per heavy atom. The smallest absolute Gasteiger partial charge is 0.254 e. The van der Waals surface area contributed by atoms with Crippen LogP contribution in [0.3, 0.4) is 0 Å². The number of carbonyl (C=O) groups excluding carboxylic acids is 1. The molecule has 0 bridgehead atoms. The Morgan fingerprint density at radius 3 is 2.64 bits per heavy atom. The highest BCUT2D eigenvalue weighted by atomic mass is 19.1. The summed E-state index contributed by atoms with van der Waals surface area (Å²) in [6.07, 6.45) is 3.35. The molecule has 2 N–H and O–H groups in total. The number of hydrogen-bond donors (Lipinski definition) is 2. The number of allylic oxidation sites excluding steroid dienone is 1. The van der Waals surface area contributed by atoms with E-state index in [2.05, 4.69) is 10.3 Å². The largest absolute Gasteiger partial charge is 0.507 e. The number of hydrogen-bond acceptors (Lipinski definition) is 5. The molecule has 170 valence electrons. The van der Waals surface area contributed by atoms with Crippen molar-refractivity contribution in [1.29, 1.82) is 0 Å². The monoisotopic (exact) mass is 447 g/mol. The SMILES string of the molecule is C/C(=C\Nc1ncc(-c2cccc(C(=O)N3CCOCC3)c2)cc1C)c1c(O)cccc1F. The quantitative estimate of drug-likeness (QED) is 0.585. The standard InChI is InChI=1S/C26H26FN3O3/c1-17-13-21(19-5-3-6-20(14-19)26(32)30-9-11-33-12-10-30)16-29-25(17)28-15-18(2)24-22(27)7-4-8-23(24)31/h3-8,13-16,31H,9-12H2,1-2H3,(H,28,29)/b18-15+. The van der Waals surface area contributed by atoms with Gasteiger partial charge in [0.25, 0.3) is 5.91 Å². The van der Waals surface area contributed by atoms with Crippen molar-refractivity contribution in [3.05, 3.63) is 83.4 Å². The van der Waals surface area contributed by atoms with E-state index in [1.807, 2.05) is 37.3 Å². The molecule has 33 heavy (non-hydrogen) atoms. The number of aryl methyl sites for hydroxylation is 1. The zero-order chi connectivity index (χ0) is 23.4. The molecule has 4 rings (SSSR count). The Balaban J connectivity index is 1.53. The number of benzene rings is 2. The lowest BCUT2D eigenvalue weighted by molar-refractivity contribution is 0.0303. The van der Waals surface area contributed by atoms with Crippen molar-refractivity contribution in [2.75, 3.05) is 31.6 Å². The predicted molar refractivity (Wildman–Crippen MR) is 126 cm³/mol. The Morgan fingerprint density at radius 1 is 1.15 bits per heavy atom. The van der Waals surface area contributed by atoms with Gasteiger partial charge in [0.05, 0.1) is 18.8 Å². The minimum atomic E-state index is -0.489. The number of pyridine rings is 1. The third kappa shape index (κ3) is 5.04. The van der Waals surface area contributed by atoms with Gasteiger partial charge < -0.3 is 20.1 Å². The van der Waals surface area contributed by atoms with Gasteiger partial charge >= 0.3 is 0 Å². The van der Waals surface area contributed by atoms with Crippen LogP contribution in [0.2, 0.25) is 0 Å². The average Bonchev–Trinajstić information content (AvgIpc) is 2.83. The summed E-state index contributed by atoms with van der Waals surface area (Å²) < 4.78 is 19.4. The van der Waals surface area contributed by atoms with Crippen LogP contribution in [0.15, 0.2) is 60.9 Å². The molecule has 6 nitrogen and oxygen atoms in total. The molecule has 1 aliphatic heterocycles. The summed E-state index contributed by atoms with van der Waals surface area (Å²) >= 11 is 0. The van der Waals surface area contributed by atoms with Crippen molar-refractivity contribution < 1.29 is 19.0 Å². The lowest BCUT2D eigenvalue weighted by Gasteiger charge is -2.27. The number of aromatic nitrogens is 1. The number of rotatable bonds is 5. The van der Waals surface area contributed by atoms with E-state index in [-0.39, 0.29) is 17.2 Å². The van der Waals surface area contributed by atoms with Gasteiger partial charge in [0.15, 0.2) is 0 Å². The van der Waals surface area contributed by atoms with Gasteiger partial charge in [-0.25, -0.2) is 9.37 Å². The fourth-order valence-electron chi connectivity index (χ4n) is 3.82. The maximum atomic E-state index is 14.1. The van der Waals surface area contributed by atoms with E-state index in [1.54, 1.807) is 24.2 Å². The molecule has 2 aromatic carbocycles. The molecule has 1 fully saturated rings. The minimum absolute atomic E-state index is 0.000118. The summed E-state index contributed by atoms with van der Waals surface area (Å²) in [4.78, 5) is 19.1. The Bertz CT molecular complexity index is 1180. The van der Waals surface area contributed by atoms with Gasteiger partial charge in [-0.15, -0.1) is 0 Å². The highest BCUT2D eigenvalue weighted by Gasteiger charge is 2.19. The summed E-state index contributed by atoms with van der Waals surface area (Å²) in [5.41, 5.74) is 4.02. The summed E-state index contributed by atoms with van der Waals surface area (Å²) in [6, 6.07) is 13.7. The van der Waals surface area contributed by atoms with Crippen molar-refractivity contribution in [1.82, 2.24) is 9.88 Å². The number of halogens is 1. The first-order chi connectivity index (χ1) is 15.9. The van der Waals surface area contributed by atoms with Crippen molar-refractivity contribution in [2.45, 2.75) is 13.8 Å². The highest BCUT2D eigenvalue weighted by Crippen LogP contribution is 2.28. The number of nitrogens with zero attached hydrogens (tertiary/aromatic N) is 2. The lowest BCUT2D eigenvalue weighted by Crippen LogP contribution is -2.40. The molecule has 0 spiro atoms. The topological polar surface area (TPSA) is 74.7 Å². The number of anilines is 1. The molecule has 2 heterocycles. The molecule has 0 saturated carbocycles. The lowest BCUT2D eigenvalue weighted by atomic mass is 10.0. The molecule has 0 unspecified atom stereocenters. The normalized spacial score (nSPS) is 14.3. The van der Waals surface area contributed by atoms with Crippen LogP contribution in [0.1, 0.15) is 28.4 Å². The van der Waals surface area contributed by atoms with E-state index in [4.69, 9.17) is 4.74 Å². The Hall–Kier alpha value is -3.71. The number of ether oxygens (including phenoxy) is 1. The van der Waals surface area contributed by atoms with Gasteiger partial charge in [-0.1, -0.05) is 18.2 Å². The zero-order valence-corrected chi connectivity index (χ0v) is 18.6. The van der Waals surface area contributed by atoms with Crippen LogP contribution < -0.4 is 5.32 Å². The number of carbonyl (C=O) groups is 1. The van der Waals surface area contributed by atoms with Gasteiger partial charge in [0.1, 0.15) is 17.4 Å². The van der Waals surface area contributed by atoms with Crippen LogP contribution in [0.5, 0.6) is 5.75 Å². The second-order valence-electron chi connectivity index (χ2n) is 7.98. The molecule has 0 atom stereocenters. The average molecular weight is 448 g/mol. The second kappa shape index (κ2) is 9.83. The van der Waals surface area contributed by atoms with Crippen molar-refractivity contribution in [3.63, 3.8) is 0 Å². The molecule has 7 heteroatoms. The van der Waals surface area contributed by atoms with E-state index < -0.39 is 5.82 Å². The molecule has 1 aromatic heterocycles. The maximum absolute atomic E-state index is 14.1. The molecular weight excluding hydrogens is 421 g/mol. The molecular formula is C26H26FN3O3. The third-order valence-corrected chi connectivity index (χ3v) is 5.63. The summed E-state index contributed by atoms with van der Waals surface area (Å²) in [6.45, 7) is 5.96. The number of aromatic hydroxyl groups is 1. The van der Waals surface area contributed by atoms with Gasteiger partial charge in [0, 0.05) is 36.6 Å². The summed E-state index contributed by atoms with van der Waals surface area (Å²) in [5, 5.41) is 13.1. The van der Waals surface area contributed by atoms with Crippen LogP contribution >= 0.6 is 0 Å². The number of phenols is 1. The number of nitrogens with one attached hydrogen (secondary N) is 1. The van der Waals surface area contributed by atoms with Gasteiger partial charge in [0.2, 0.25) is 0 Å². The molecule has 1 aliphatic rings. The minimum Gasteiger partial charge on any atom is -0.507 e. The summed E-state index contributed by atoms with van der Waals surface area (Å²) in [5.74, 6) is 0.0174. The number of amides is 1. The maximum Gasteiger partial charge on any atom is 0.254 e. The Kier molecular flexibility index (Phi) is 6.70. The predicted octanol–water partition coefficient (Wildman–Crippen LogP) is 4.85. The van der Waals surface area contributed by atoms with Gasteiger partial charge in [-0.3, -0.25) is 4.79 Å². The molecule has 3 aromatic rings. The zero-order valence-electron chi connectivity index (χ0n) is 18.6. The second-order valence-corrected chi connectivity index (χ2v) is 7.98.